The van der Waals surface area contributed by atoms with Gasteiger partial charge in [0.15, 0.2) is 0 Å². The van der Waals surface area contributed by atoms with Crippen molar-refractivity contribution in [1.29, 1.82) is 0 Å². The average Bonchev–Trinajstić information content (AvgIpc) is 2.48. The lowest BCUT2D eigenvalue weighted by molar-refractivity contribution is -0.384. The molecule has 1 atom stereocenters. The van der Waals surface area contributed by atoms with Gasteiger partial charge in [0.2, 0.25) is 0 Å². The lowest BCUT2D eigenvalue weighted by Gasteiger charge is -2.22. The average molecular weight is 292 g/mol. The van der Waals surface area contributed by atoms with Gasteiger partial charge in [0.25, 0.3) is 11.6 Å². The summed E-state index contributed by atoms with van der Waals surface area (Å²) in [7, 11) is 0. The van der Waals surface area contributed by atoms with Crippen LogP contribution in [0.2, 0.25) is 0 Å². The topological polar surface area (TPSA) is 110 Å². The SMILES string of the molecule is Nc1ccc([N+](=O)[O-])cc1C(=O)NCCC1CCCNC1. The number of carbonyl (C=O) groups is 1. The van der Waals surface area contributed by atoms with Crippen molar-refractivity contribution in [2.24, 2.45) is 5.92 Å². The summed E-state index contributed by atoms with van der Waals surface area (Å²) >= 11 is 0. The monoisotopic (exact) mass is 292 g/mol. The standard InChI is InChI=1S/C14H20N4O3/c15-13-4-3-11(18(20)21)8-12(13)14(19)17-7-5-10-2-1-6-16-9-10/h3-4,8,10,16H,1-2,5-7,9,15H2,(H,17,19). The van der Waals surface area contributed by atoms with Gasteiger partial charge in [0.05, 0.1) is 10.5 Å². The van der Waals surface area contributed by atoms with Crippen LogP contribution in [-0.2, 0) is 0 Å². The highest BCUT2D eigenvalue weighted by molar-refractivity contribution is 5.99. The van der Waals surface area contributed by atoms with Gasteiger partial charge in [-0.1, -0.05) is 0 Å². The number of carbonyl (C=O) groups excluding carboxylic acids is 1. The zero-order valence-corrected chi connectivity index (χ0v) is 11.8. The number of nitrogens with two attached hydrogens (primary N) is 1. The van der Waals surface area contributed by atoms with E-state index in [1.807, 2.05) is 0 Å². The van der Waals surface area contributed by atoms with Crippen LogP contribution < -0.4 is 16.4 Å². The number of nitrogen functional groups attached to an aromatic ring is 1. The van der Waals surface area contributed by atoms with E-state index in [9.17, 15) is 14.9 Å². The second kappa shape index (κ2) is 7.03. The highest BCUT2D eigenvalue weighted by atomic mass is 16.6. The predicted molar refractivity (Wildman–Crippen MR) is 80.1 cm³/mol. The normalized spacial score (nSPS) is 18.2. The zero-order valence-electron chi connectivity index (χ0n) is 11.8. The van der Waals surface area contributed by atoms with Crippen molar-refractivity contribution >= 4 is 17.3 Å². The molecule has 1 aliphatic rings. The number of nitro groups is 1. The number of nitrogens with zero attached hydrogens (tertiary/aromatic N) is 1. The number of rotatable bonds is 5. The molecular weight excluding hydrogens is 272 g/mol. The Kier molecular flexibility index (Phi) is 5.10. The van der Waals surface area contributed by atoms with Gasteiger partial charge in [-0.2, -0.15) is 0 Å². The summed E-state index contributed by atoms with van der Waals surface area (Å²) in [6.45, 7) is 2.59. The Balaban J connectivity index is 1.90. The van der Waals surface area contributed by atoms with Gasteiger partial charge in [0, 0.05) is 24.4 Å². The van der Waals surface area contributed by atoms with E-state index in [0.717, 1.165) is 25.9 Å². The molecule has 1 aromatic rings. The Morgan fingerprint density at radius 2 is 2.33 bits per heavy atom. The number of nitrogens with one attached hydrogen (secondary N) is 2. The highest BCUT2D eigenvalue weighted by Gasteiger charge is 2.16. The van der Waals surface area contributed by atoms with E-state index in [1.54, 1.807) is 0 Å². The first kappa shape index (κ1) is 15.2. The molecule has 0 spiro atoms. The second-order valence-electron chi connectivity index (χ2n) is 5.29. The van der Waals surface area contributed by atoms with Crippen molar-refractivity contribution in [3.8, 4) is 0 Å². The van der Waals surface area contributed by atoms with Crippen molar-refractivity contribution < 1.29 is 9.72 Å². The Bertz CT molecular complexity index is 527. The number of anilines is 1. The molecule has 0 aliphatic carbocycles. The van der Waals surface area contributed by atoms with Gasteiger partial charge < -0.3 is 16.4 Å². The van der Waals surface area contributed by atoms with Crippen molar-refractivity contribution in [3.63, 3.8) is 0 Å². The molecule has 1 aromatic carbocycles. The zero-order chi connectivity index (χ0) is 15.2. The predicted octanol–water partition coefficient (Wildman–Crippen LogP) is 1.30. The second-order valence-corrected chi connectivity index (χ2v) is 5.29. The van der Waals surface area contributed by atoms with Crippen LogP contribution in [0.15, 0.2) is 18.2 Å². The van der Waals surface area contributed by atoms with Crippen molar-refractivity contribution in [2.45, 2.75) is 19.3 Å². The summed E-state index contributed by atoms with van der Waals surface area (Å²) in [5.41, 5.74) is 5.98. The number of non-ortho nitro benzene ring substituents is 1. The van der Waals surface area contributed by atoms with E-state index >= 15 is 0 Å². The lowest BCUT2D eigenvalue weighted by atomic mass is 9.96. The van der Waals surface area contributed by atoms with Gasteiger partial charge in [-0.05, 0) is 44.3 Å². The van der Waals surface area contributed by atoms with Gasteiger partial charge in [-0.15, -0.1) is 0 Å². The molecule has 4 N–H and O–H groups in total. The van der Waals surface area contributed by atoms with Crippen molar-refractivity contribution in [1.82, 2.24) is 10.6 Å². The van der Waals surface area contributed by atoms with Crippen LogP contribution in [0.3, 0.4) is 0 Å². The molecule has 21 heavy (non-hydrogen) atoms. The third kappa shape index (κ3) is 4.16. The fourth-order valence-electron chi connectivity index (χ4n) is 2.51. The van der Waals surface area contributed by atoms with Crippen LogP contribution in [0.4, 0.5) is 11.4 Å². The number of hydrogen-bond donors (Lipinski definition) is 3. The number of hydrogen-bond acceptors (Lipinski definition) is 5. The van der Waals surface area contributed by atoms with E-state index in [2.05, 4.69) is 10.6 Å². The molecule has 1 saturated heterocycles. The van der Waals surface area contributed by atoms with Gasteiger partial charge in [-0.25, -0.2) is 0 Å². The first-order valence-electron chi connectivity index (χ1n) is 7.10. The molecule has 0 radical (unpaired) electrons. The fraction of sp³-hybridized carbons (Fsp3) is 0.500. The molecular formula is C14H20N4O3. The molecule has 114 valence electrons. The van der Waals surface area contributed by atoms with E-state index in [0.29, 0.717) is 12.5 Å². The summed E-state index contributed by atoms with van der Waals surface area (Å²) in [6.07, 6.45) is 3.23. The molecule has 7 nitrogen and oxygen atoms in total. The molecule has 1 amide bonds. The number of amides is 1. The maximum absolute atomic E-state index is 12.1. The van der Waals surface area contributed by atoms with Crippen LogP contribution in [0.5, 0.6) is 0 Å². The molecule has 0 saturated carbocycles. The van der Waals surface area contributed by atoms with Crippen molar-refractivity contribution in [2.75, 3.05) is 25.4 Å². The molecule has 2 rings (SSSR count). The van der Waals surface area contributed by atoms with Crippen LogP contribution in [0, 0.1) is 16.0 Å². The van der Waals surface area contributed by atoms with E-state index in [1.165, 1.54) is 24.6 Å². The summed E-state index contributed by atoms with van der Waals surface area (Å²) in [4.78, 5) is 22.2. The molecule has 7 heteroatoms. The minimum absolute atomic E-state index is 0.133. The third-order valence-electron chi connectivity index (χ3n) is 3.73. The van der Waals surface area contributed by atoms with Crippen LogP contribution >= 0.6 is 0 Å². The summed E-state index contributed by atoms with van der Waals surface area (Å²) in [5, 5.41) is 16.8. The minimum atomic E-state index is -0.538. The molecule has 1 unspecified atom stereocenters. The molecule has 1 heterocycles. The lowest BCUT2D eigenvalue weighted by Crippen LogP contribution is -2.33. The summed E-state index contributed by atoms with van der Waals surface area (Å²) in [5.74, 6) is 0.210. The fourth-order valence-corrected chi connectivity index (χ4v) is 2.51. The maximum Gasteiger partial charge on any atom is 0.270 e. The van der Waals surface area contributed by atoms with Gasteiger partial charge in [-0.3, -0.25) is 14.9 Å². The Labute approximate surface area is 123 Å². The first-order valence-corrected chi connectivity index (χ1v) is 7.10. The minimum Gasteiger partial charge on any atom is -0.398 e. The Morgan fingerprint density at radius 1 is 1.52 bits per heavy atom. The van der Waals surface area contributed by atoms with E-state index in [-0.39, 0.29) is 22.8 Å². The number of benzene rings is 1. The number of piperidine rings is 1. The summed E-state index contributed by atoms with van der Waals surface area (Å²) < 4.78 is 0. The van der Waals surface area contributed by atoms with E-state index < -0.39 is 4.92 Å². The largest absolute Gasteiger partial charge is 0.398 e. The van der Waals surface area contributed by atoms with Gasteiger partial charge in [0.1, 0.15) is 0 Å². The summed E-state index contributed by atoms with van der Waals surface area (Å²) in [6, 6.07) is 3.89. The van der Waals surface area contributed by atoms with Crippen LogP contribution in [0.1, 0.15) is 29.6 Å². The van der Waals surface area contributed by atoms with E-state index in [4.69, 9.17) is 5.73 Å². The van der Waals surface area contributed by atoms with Crippen LogP contribution in [-0.4, -0.2) is 30.5 Å². The quantitative estimate of drug-likeness (QED) is 0.430. The maximum atomic E-state index is 12.1. The number of nitro benzene ring substituents is 1. The smallest absolute Gasteiger partial charge is 0.270 e. The molecule has 1 aliphatic heterocycles. The molecule has 1 fully saturated rings. The van der Waals surface area contributed by atoms with Gasteiger partial charge >= 0.3 is 0 Å². The van der Waals surface area contributed by atoms with Crippen molar-refractivity contribution in [3.05, 3.63) is 33.9 Å². The first-order chi connectivity index (χ1) is 10.1. The molecule has 0 bridgehead atoms. The third-order valence-corrected chi connectivity index (χ3v) is 3.73. The molecule has 0 aromatic heterocycles. The van der Waals surface area contributed by atoms with Crippen LogP contribution in [0.25, 0.3) is 0 Å². The highest BCUT2D eigenvalue weighted by Crippen LogP contribution is 2.19. The Morgan fingerprint density at radius 3 is 3.00 bits per heavy atom. The Hall–Kier alpha value is -2.15.